The van der Waals surface area contributed by atoms with Gasteiger partial charge in [0.05, 0.1) is 41.6 Å². The minimum Gasteiger partial charge on any atom is -0.491 e. The summed E-state index contributed by atoms with van der Waals surface area (Å²) < 4.78 is 7.69. The van der Waals surface area contributed by atoms with Gasteiger partial charge in [-0.25, -0.2) is 0 Å². The van der Waals surface area contributed by atoms with E-state index in [0.29, 0.717) is 25.6 Å². The van der Waals surface area contributed by atoms with Crippen molar-refractivity contribution in [2.45, 2.75) is 25.4 Å². The number of anilines is 2. The van der Waals surface area contributed by atoms with E-state index in [2.05, 4.69) is 20.7 Å². The van der Waals surface area contributed by atoms with Gasteiger partial charge in [0.1, 0.15) is 18.4 Å². The molecule has 9 heteroatoms. The number of ether oxygens (including phenoxy) is 1. The van der Waals surface area contributed by atoms with E-state index in [1.54, 1.807) is 10.9 Å². The number of benzene rings is 1. The lowest BCUT2D eigenvalue weighted by Crippen LogP contribution is -2.37. The minimum absolute atomic E-state index is 0.0357. The molecule has 1 aliphatic carbocycles. The number of carbonyl (C=O) groups excluding carboxylic acids is 1. The number of amides is 1. The molecule has 0 bridgehead atoms. The van der Waals surface area contributed by atoms with E-state index < -0.39 is 0 Å². The molecule has 3 aromatic rings. The maximum Gasteiger partial charge on any atom is 0.240 e. The molecule has 29 heavy (non-hydrogen) atoms. The quantitative estimate of drug-likeness (QED) is 0.411. The highest BCUT2D eigenvalue weighted by atomic mass is 16.5. The Labute approximate surface area is 167 Å². The lowest BCUT2D eigenvalue weighted by atomic mass is 10.1. The summed E-state index contributed by atoms with van der Waals surface area (Å²) in [5.74, 6) is 0.733. The molecule has 0 unspecified atom stereocenters. The second kappa shape index (κ2) is 7.00. The molecule has 2 aromatic heterocycles. The van der Waals surface area contributed by atoms with Crippen LogP contribution in [0.25, 0.3) is 22.2 Å². The topological polar surface area (TPSA) is 130 Å². The van der Waals surface area contributed by atoms with E-state index in [1.165, 1.54) is 0 Å². The Bertz CT molecular complexity index is 1070. The molecule has 1 saturated carbocycles. The number of carbonyl (C=O) groups is 1. The van der Waals surface area contributed by atoms with Crippen LogP contribution in [0, 0.1) is 5.92 Å². The predicted molar refractivity (Wildman–Crippen MR) is 110 cm³/mol. The SMILES string of the molecule is NC(=O)[C@@H](Nc1cc2c3c(c(-c4cnn(CCO)c4)[nH]c3c1)NCCO2)C1CC1. The van der Waals surface area contributed by atoms with E-state index in [9.17, 15) is 4.79 Å². The van der Waals surface area contributed by atoms with Crippen molar-refractivity contribution in [3.8, 4) is 17.0 Å². The average Bonchev–Trinajstić information content (AvgIpc) is 3.37. The van der Waals surface area contributed by atoms with Crippen LogP contribution in [0.2, 0.25) is 0 Å². The smallest absolute Gasteiger partial charge is 0.240 e. The summed E-state index contributed by atoms with van der Waals surface area (Å²) >= 11 is 0. The summed E-state index contributed by atoms with van der Waals surface area (Å²) in [6.45, 7) is 1.70. The summed E-state index contributed by atoms with van der Waals surface area (Å²) in [5.41, 5.74) is 10.1. The number of hydrogen-bond donors (Lipinski definition) is 5. The Morgan fingerprint density at radius 3 is 3.07 bits per heavy atom. The molecule has 0 radical (unpaired) electrons. The predicted octanol–water partition coefficient (Wildman–Crippen LogP) is 1.50. The van der Waals surface area contributed by atoms with Gasteiger partial charge in [-0.05, 0) is 24.8 Å². The van der Waals surface area contributed by atoms with Gasteiger partial charge in [0.15, 0.2) is 0 Å². The van der Waals surface area contributed by atoms with Crippen LogP contribution >= 0.6 is 0 Å². The first-order valence-electron chi connectivity index (χ1n) is 9.90. The van der Waals surface area contributed by atoms with Crippen LogP contribution in [0.4, 0.5) is 11.4 Å². The number of aromatic amines is 1. The molecule has 6 N–H and O–H groups in total. The fraction of sp³-hybridized carbons (Fsp3) is 0.400. The van der Waals surface area contributed by atoms with Crippen molar-refractivity contribution in [3.63, 3.8) is 0 Å². The van der Waals surface area contributed by atoms with Crippen molar-refractivity contribution in [2.75, 3.05) is 30.4 Å². The van der Waals surface area contributed by atoms with E-state index in [4.69, 9.17) is 15.6 Å². The number of aromatic nitrogens is 3. The lowest BCUT2D eigenvalue weighted by Gasteiger charge is -2.17. The van der Waals surface area contributed by atoms with Gasteiger partial charge in [0, 0.05) is 30.1 Å². The molecule has 1 amide bonds. The van der Waals surface area contributed by atoms with Gasteiger partial charge >= 0.3 is 0 Å². The Kier molecular flexibility index (Phi) is 4.31. The van der Waals surface area contributed by atoms with Gasteiger partial charge in [0.2, 0.25) is 5.91 Å². The second-order valence-electron chi connectivity index (χ2n) is 7.62. The van der Waals surface area contributed by atoms with Gasteiger partial charge in [-0.2, -0.15) is 5.10 Å². The number of nitrogens with two attached hydrogens (primary N) is 1. The number of nitrogens with zero attached hydrogens (tertiary/aromatic N) is 2. The summed E-state index contributed by atoms with van der Waals surface area (Å²) in [4.78, 5) is 15.3. The van der Waals surface area contributed by atoms with Gasteiger partial charge in [-0.1, -0.05) is 0 Å². The number of aliphatic hydroxyl groups excluding tert-OH is 1. The molecule has 0 saturated heterocycles. The molecule has 1 atom stereocenters. The third-order valence-electron chi connectivity index (χ3n) is 5.50. The van der Waals surface area contributed by atoms with Crippen molar-refractivity contribution in [3.05, 3.63) is 24.5 Å². The van der Waals surface area contributed by atoms with Crippen LogP contribution in [0.5, 0.6) is 5.75 Å². The molecular weight excluding hydrogens is 372 g/mol. The van der Waals surface area contributed by atoms with Crippen molar-refractivity contribution in [1.29, 1.82) is 0 Å². The second-order valence-corrected chi connectivity index (χ2v) is 7.62. The third-order valence-corrected chi connectivity index (χ3v) is 5.50. The lowest BCUT2D eigenvalue weighted by molar-refractivity contribution is -0.119. The van der Waals surface area contributed by atoms with Crippen LogP contribution in [-0.2, 0) is 11.3 Å². The fourth-order valence-electron chi connectivity index (χ4n) is 3.97. The fourth-order valence-corrected chi connectivity index (χ4v) is 3.97. The number of rotatable bonds is 7. The van der Waals surface area contributed by atoms with Gasteiger partial charge in [0.25, 0.3) is 0 Å². The largest absolute Gasteiger partial charge is 0.491 e. The van der Waals surface area contributed by atoms with Crippen LogP contribution in [0.15, 0.2) is 24.5 Å². The maximum absolute atomic E-state index is 11.9. The molecule has 2 aliphatic rings. The highest BCUT2D eigenvalue weighted by Gasteiger charge is 2.35. The van der Waals surface area contributed by atoms with Crippen LogP contribution in [0.3, 0.4) is 0 Å². The van der Waals surface area contributed by atoms with Gasteiger partial charge in [-0.15, -0.1) is 0 Å². The first-order valence-corrected chi connectivity index (χ1v) is 9.90. The zero-order chi connectivity index (χ0) is 20.0. The van der Waals surface area contributed by atoms with E-state index in [-0.39, 0.29) is 18.6 Å². The summed E-state index contributed by atoms with van der Waals surface area (Å²) in [6.07, 6.45) is 5.72. The maximum atomic E-state index is 11.9. The van der Waals surface area contributed by atoms with Crippen LogP contribution in [0.1, 0.15) is 12.8 Å². The summed E-state index contributed by atoms with van der Waals surface area (Å²) in [6, 6.07) is 3.55. The highest BCUT2D eigenvalue weighted by molar-refractivity contribution is 6.06. The normalized spacial score (nSPS) is 16.7. The molecule has 1 aromatic carbocycles. The zero-order valence-electron chi connectivity index (χ0n) is 15.9. The highest BCUT2D eigenvalue weighted by Crippen LogP contribution is 2.43. The Morgan fingerprint density at radius 2 is 2.31 bits per heavy atom. The third kappa shape index (κ3) is 3.27. The number of nitrogens with one attached hydrogen (secondary N) is 3. The van der Waals surface area contributed by atoms with E-state index in [0.717, 1.165) is 52.1 Å². The molecule has 3 heterocycles. The van der Waals surface area contributed by atoms with Crippen LogP contribution < -0.4 is 21.1 Å². The monoisotopic (exact) mass is 396 g/mol. The molecular formula is C20H24N6O3. The number of primary amides is 1. The van der Waals surface area contributed by atoms with Crippen molar-refractivity contribution < 1.29 is 14.6 Å². The molecule has 152 valence electrons. The molecule has 1 aliphatic heterocycles. The molecule has 5 rings (SSSR count). The molecule has 1 fully saturated rings. The van der Waals surface area contributed by atoms with Gasteiger partial charge in [-0.3, -0.25) is 9.48 Å². The van der Waals surface area contributed by atoms with Crippen molar-refractivity contribution in [1.82, 2.24) is 14.8 Å². The van der Waals surface area contributed by atoms with Crippen molar-refractivity contribution >= 4 is 28.2 Å². The van der Waals surface area contributed by atoms with E-state index in [1.807, 2.05) is 18.3 Å². The standard InChI is InChI=1S/C20H24N6O3/c21-20(28)18(11-1-2-11)24-13-7-14-16-15(8-13)29-6-3-22-19(16)17(25-14)12-9-23-26(10-12)4-5-27/h7-11,18,22,24-25,27H,1-6H2,(H2,21,28)/t18-/m0/s1. The zero-order valence-corrected chi connectivity index (χ0v) is 15.9. The Hall–Kier alpha value is -3.20. The number of H-pyrrole nitrogens is 1. The Balaban J connectivity index is 1.57. The first kappa shape index (κ1) is 17.9. The average molecular weight is 396 g/mol. The molecule has 9 nitrogen and oxygen atoms in total. The van der Waals surface area contributed by atoms with Crippen LogP contribution in [-0.4, -0.2) is 51.6 Å². The number of hydrogen-bond acceptors (Lipinski definition) is 6. The minimum atomic E-state index is -0.367. The first-order chi connectivity index (χ1) is 14.1. The van der Waals surface area contributed by atoms with Gasteiger partial charge < -0.3 is 31.2 Å². The Morgan fingerprint density at radius 1 is 1.45 bits per heavy atom. The summed E-state index contributed by atoms with van der Waals surface area (Å²) in [5, 5.41) is 21.2. The van der Waals surface area contributed by atoms with Crippen molar-refractivity contribution in [2.24, 2.45) is 11.7 Å². The number of aliphatic hydroxyl groups is 1. The van der Waals surface area contributed by atoms with E-state index >= 15 is 0 Å². The summed E-state index contributed by atoms with van der Waals surface area (Å²) in [7, 11) is 0. The molecule has 0 spiro atoms.